The smallest absolute Gasteiger partial charge is 0.407 e. The minimum atomic E-state index is -0.730. The van der Waals surface area contributed by atoms with Crippen molar-refractivity contribution in [2.24, 2.45) is 0 Å². The van der Waals surface area contributed by atoms with Gasteiger partial charge in [0.15, 0.2) is 6.61 Å². The molecule has 0 aliphatic heterocycles. The Kier molecular flexibility index (Phi) is 14.8. The van der Waals surface area contributed by atoms with Crippen LogP contribution in [0.4, 0.5) is 4.79 Å². The molecule has 0 saturated heterocycles. The first kappa shape index (κ1) is 45.5. The number of rotatable bonds is 15. The molecule has 9 rings (SSSR count). The molecule has 0 bridgehead atoms. The van der Waals surface area contributed by atoms with Crippen molar-refractivity contribution in [1.29, 1.82) is 0 Å². The zero-order valence-electron chi connectivity index (χ0n) is 38.7. The lowest BCUT2D eigenvalue weighted by Crippen LogP contribution is -2.49. The second-order valence-corrected chi connectivity index (χ2v) is 18.6. The normalized spacial score (nSPS) is 16.6. The van der Waals surface area contributed by atoms with Gasteiger partial charge in [0.25, 0.3) is 5.91 Å². The fourth-order valence-corrected chi connectivity index (χ4v) is 10.6. The van der Waals surface area contributed by atoms with Gasteiger partial charge in [0.1, 0.15) is 18.4 Å². The number of fused-ring (bicyclic) bond motifs is 5. The summed E-state index contributed by atoms with van der Waals surface area (Å²) in [6.07, 6.45) is 12.2. The molecule has 3 aliphatic carbocycles. The Morgan fingerprint density at radius 3 is 1.96 bits per heavy atom. The number of amides is 3. The quantitative estimate of drug-likeness (QED) is 0.0952. The largest absolute Gasteiger partial charge is 0.484 e. The van der Waals surface area contributed by atoms with E-state index in [0.29, 0.717) is 18.1 Å². The van der Waals surface area contributed by atoms with E-state index in [-0.39, 0.29) is 37.0 Å². The Hall–Kier alpha value is -6.67. The van der Waals surface area contributed by atoms with Crippen molar-refractivity contribution >= 4 is 17.9 Å². The molecule has 0 spiro atoms. The Bertz CT molecular complexity index is 2590. The molecule has 6 aromatic rings. The number of aryl methyl sites for hydroxylation is 2. The number of ether oxygens (including phenoxy) is 2. The summed E-state index contributed by atoms with van der Waals surface area (Å²) in [4.78, 5) is 41.6. The molecule has 3 aliphatic rings. The first-order valence-corrected chi connectivity index (χ1v) is 24.6. The number of benzene rings is 6. The zero-order chi connectivity index (χ0) is 46.0. The van der Waals surface area contributed by atoms with Crippen LogP contribution >= 0.6 is 0 Å². The van der Waals surface area contributed by atoms with E-state index in [2.05, 4.69) is 83.5 Å². The van der Waals surface area contributed by atoms with Crippen molar-refractivity contribution < 1.29 is 23.9 Å². The maximum Gasteiger partial charge on any atom is 0.407 e. The van der Waals surface area contributed by atoms with Gasteiger partial charge in [-0.1, -0.05) is 185 Å². The van der Waals surface area contributed by atoms with Crippen LogP contribution in [0.25, 0.3) is 11.1 Å². The number of hydrogen-bond acceptors (Lipinski definition) is 5. The number of nitrogens with one attached hydrogen (secondary N) is 3. The maximum absolute atomic E-state index is 14.2. The van der Waals surface area contributed by atoms with Crippen LogP contribution in [0, 0.1) is 0 Å². The Morgan fingerprint density at radius 1 is 0.627 bits per heavy atom. The maximum atomic E-state index is 14.2. The van der Waals surface area contributed by atoms with Crippen LogP contribution in [0.5, 0.6) is 5.75 Å². The third kappa shape index (κ3) is 10.8. The van der Waals surface area contributed by atoms with E-state index in [1.165, 1.54) is 61.6 Å². The van der Waals surface area contributed by atoms with E-state index in [4.69, 9.17) is 9.47 Å². The highest BCUT2D eigenvalue weighted by Crippen LogP contribution is 2.45. The average Bonchev–Trinajstić information content (AvgIpc) is 3.59. The van der Waals surface area contributed by atoms with Crippen molar-refractivity contribution in [1.82, 2.24) is 16.0 Å². The second kappa shape index (κ2) is 21.8. The van der Waals surface area contributed by atoms with E-state index < -0.39 is 18.2 Å². The summed E-state index contributed by atoms with van der Waals surface area (Å²) in [5.74, 6) is 0.483. The Morgan fingerprint density at radius 2 is 1.24 bits per heavy atom. The molecule has 67 heavy (non-hydrogen) atoms. The molecule has 3 N–H and O–H groups in total. The predicted octanol–water partition coefficient (Wildman–Crippen LogP) is 12.2. The monoisotopic (exact) mass is 893 g/mol. The standard InChI is InChI=1S/C59H63N3O5/c1-2-3-28-54(58(64)61-56(43-21-10-7-11-22-43)44-32-29-41(30-33-44)40-18-8-5-4-6-9-19-40)60-55(63)39-66-46-35-36-48-45(37-46)34-31-42-20-12-13-23-47(42)57(48)62-59(65)67-38-53-51-26-16-14-24-49(51)50-25-15-17-27-52(50)53/h7,10-17,20-27,29-30,32-33,35-37,40,53-54,56-57H,2-6,8-9,18-19,28,31,34,38-39H2,1H3,(H,60,63)(H,61,64)(H,62,65). The zero-order valence-corrected chi connectivity index (χ0v) is 38.7. The molecule has 1 saturated carbocycles. The van der Waals surface area contributed by atoms with Crippen molar-refractivity contribution in [3.05, 3.63) is 196 Å². The van der Waals surface area contributed by atoms with E-state index in [9.17, 15) is 14.4 Å². The summed E-state index contributed by atoms with van der Waals surface area (Å²) >= 11 is 0. The van der Waals surface area contributed by atoms with Crippen LogP contribution in [-0.2, 0) is 27.2 Å². The lowest BCUT2D eigenvalue weighted by molar-refractivity contribution is -0.130. The Balaban J connectivity index is 0.854. The predicted molar refractivity (Wildman–Crippen MR) is 265 cm³/mol. The van der Waals surface area contributed by atoms with Gasteiger partial charge >= 0.3 is 6.09 Å². The van der Waals surface area contributed by atoms with E-state index in [1.54, 1.807) is 0 Å². The van der Waals surface area contributed by atoms with Crippen LogP contribution in [0.1, 0.15) is 145 Å². The van der Waals surface area contributed by atoms with E-state index in [0.717, 1.165) is 70.2 Å². The summed E-state index contributed by atoms with van der Waals surface area (Å²) in [6.45, 7) is 2.05. The average molecular weight is 894 g/mol. The number of unbranched alkanes of at least 4 members (excludes halogenated alkanes) is 1. The van der Waals surface area contributed by atoms with Gasteiger partial charge in [-0.15, -0.1) is 0 Å². The van der Waals surface area contributed by atoms with Gasteiger partial charge in [0, 0.05) is 5.92 Å². The molecule has 0 heterocycles. The molecule has 6 aromatic carbocycles. The van der Waals surface area contributed by atoms with Crippen LogP contribution in [0.15, 0.2) is 146 Å². The number of alkyl carbamates (subject to hydrolysis) is 1. The van der Waals surface area contributed by atoms with E-state index >= 15 is 0 Å². The summed E-state index contributed by atoms with van der Waals surface area (Å²) in [7, 11) is 0. The highest BCUT2D eigenvalue weighted by molar-refractivity contribution is 5.88. The highest BCUT2D eigenvalue weighted by atomic mass is 16.5. The van der Waals surface area contributed by atoms with Gasteiger partial charge in [0.05, 0.1) is 12.1 Å². The van der Waals surface area contributed by atoms with Gasteiger partial charge in [-0.05, 0) is 111 Å². The third-order valence-electron chi connectivity index (χ3n) is 14.2. The number of hydrogen-bond donors (Lipinski definition) is 3. The first-order chi connectivity index (χ1) is 32.9. The number of carbonyl (C=O) groups excluding carboxylic acids is 3. The van der Waals surface area contributed by atoms with Crippen LogP contribution in [0.3, 0.4) is 0 Å². The molecule has 3 atom stereocenters. The molecule has 3 amide bonds. The van der Waals surface area contributed by atoms with Crippen LogP contribution in [-0.4, -0.2) is 37.2 Å². The van der Waals surface area contributed by atoms with E-state index in [1.807, 2.05) is 84.9 Å². The second-order valence-electron chi connectivity index (χ2n) is 18.6. The van der Waals surface area contributed by atoms with Gasteiger partial charge in [-0.2, -0.15) is 0 Å². The van der Waals surface area contributed by atoms with Crippen molar-refractivity contribution in [2.45, 2.75) is 114 Å². The van der Waals surface area contributed by atoms with Crippen molar-refractivity contribution in [2.75, 3.05) is 13.2 Å². The van der Waals surface area contributed by atoms with Gasteiger partial charge in [-0.25, -0.2) is 4.79 Å². The molecule has 8 heteroatoms. The molecular formula is C59H63N3O5. The minimum absolute atomic E-state index is 0.0469. The first-order valence-electron chi connectivity index (χ1n) is 24.6. The molecule has 1 fully saturated rings. The summed E-state index contributed by atoms with van der Waals surface area (Å²) in [5.41, 5.74) is 12.2. The molecule has 0 radical (unpaired) electrons. The molecule has 0 aromatic heterocycles. The van der Waals surface area contributed by atoms with Gasteiger partial charge in [-0.3, -0.25) is 9.59 Å². The topological polar surface area (TPSA) is 106 Å². The van der Waals surface area contributed by atoms with Crippen molar-refractivity contribution in [3.63, 3.8) is 0 Å². The number of carbonyl (C=O) groups is 3. The lowest BCUT2D eigenvalue weighted by Gasteiger charge is -2.25. The molecule has 344 valence electrons. The third-order valence-corrected chi connectivity index (χ3v) is 14.2. The molecule has 3 unspecified atom stereocenters. The highest BCUT2D eigenvalue weighted by Gasteiger charge is 2.31. The minimum Gasteiger partial charge on any atom is -0.484 e. The fourth-order valence-electron chi connectivity index (χ4n) is 10.6. The van der Waals surface area contributed by atoms with Crippen LogP contribution in [0.2, 0.25) is 0 Å². The summed E-state index contributed by atoms with van der Waals surface area (Å²) in [6, 6.07) is 48.0. The summed E-state index contributed by atoms with van der Waals surface area (Å²) in [5, 5.41) is 9.54. The van der Waals surface area contributed by atoms with Crippen LogP contribution < -0.4 is 20.7 Å². The van der Waals surface area contributed by atoms with Gasteiger partial charge in [0.2, 0.25) is 5.91 Å². The molecular weight excluding hydrogens is 831 g/mol. The fraction of sp³-hybridized carbons (Fsp3) is 0.339. The molecule has 8 nitrogen and oxygen atoms in total. The summed E-state index contributed by atoms with van der Waals surface area (Å²) < 4.78 is 12.2. The van der Waals surface area contributed by atoms with Crippen molar-refractivity contribution in [3.8, 4) is 16.9 Å². The Labute approximate surface area is 395 Å². The van der Waals surface area contributed by atoms with Gasteiger partial charge < -0.3 is 25.4 Å². The SMILES string of the molecule is CCCCC(NC(=O)COc1ccc2c(c1)CCc1ccccc1C2NC(=O)OCC1c2ccccc2-c2ccccc21)C(=O)NC(c1ccccc1)c1ccc(C2CCCCCCC2)cc1. The lowest BCUT2D eigenvalue weighted by atomic mass is 9.85.